The number of aryl methyl sites for hydroxylation is 1. The van der Waals surface area contributed by atoms with Gasteiger partial charge in [-0.05, 0) is 36.2 Å². The van der Waals surface area contributed by atoms with Crippen LogP contribution in [0.15, 0.2) is 42.6 Å². The Bertz CT molecular complexity index is 564. The quantitative estimate of drug-likeness (QED) is 0.855. The monoisotopic (exact) mass is 255 g/mol. The molecule has 0 spiro atoms. The molecule has 19 heavy (non-hydrogen) atoms. The molecular formula is C15H17N3O. The lowest BCUT2D eigenvalue weighted by molar-refractivity contribution is 0.1000. The van der Waals surface area contributed by atoms with Crippen molar-refractivity contribution in [1.82, 2.24) is 10.3 Å². The minimum absolute atomic E-state index is 0.399. The number of pyridine rings is 1. The number of hydrogen-bond acceptors (Lipinski definition) is 3. The predicted octanol–water partition coefficient (Wildman–Crippen LogP) is 1.78. The summed E-state index contributed by atoms with van der Waals surface area (Å²) < 4.78 is 0. The first-order valence-corrected chi connectivity index (χ1v) is 6.16. The highest BCUT2D eigenvalue weighted by atomic mass is 16.1. The van der Waals surface area contributed by atoms with E-state index in [0.717, 1.165) is 23.4 Å². The lowest BCUT2D eigenvalue weighted by atomic mass is 10.1. The average Bonchev–Trinajstić information content (AvgIpc) is 2.41. The zero-order chi connectivity index (χ0) is 13.7. The topological polar surface area (TPSA) is 68.0 Å². The number of hydrogen-bond donors (Lipinski definition) is 2. The van der Waals surface area contributed by atoms with Crippen LogP contribution in [0, 0.1) is 6.92 Å². The number of benzene rings is 1. The van der Waals surface area contributed by atoms with Gasteiger partial charge in [-0.3, -0.25) is 9.78 Å². The Labute approximate surface area is 112 Å². The fourth-order valence-electron chi connectivity index (χ4n) is 1.79. The molecule has 0 fully saturated rings. The number of rotatable bonds is 5. The summed E-state index contributed by atoms with van der Waals surface area (Å²) in [5, 5.41) is 3.31. The van der Waals surface area contributed by atoms with Crippen LogP contribution in [0.4, 0.5) is 0 Å². The third kappa shape index (κ3) is 3.89. The van der Waals surface area contributed by atoms with Crippen LogP contribution in [0.1, 0.15) is 27.2 Å². The highest BCUT2D eigenvalue weighted by Gasteiger charge is 2.01. The smallest absolute Gasteiger partial charge is 0.248 e. The average molecular weight is 255 g/mol. The van der Waals surface area contributed by atoms with Gasteiger partial charge >= 0.3 is 0 Å². The van der Waals surface area contributed by atoms with Crippen LogP contribution in [-0.4, -0.2) is 10.9 Å². The summed E-state index contributed by atoms with van der Waals surface area (Å²) in [4.78, 5) is 15.3. The fraction of sp³-hybridized carbons (Fsp3) is 0.200. The van der Waals surface area contributed by atoms with E-state index in [1.807, 2.05) is 37.4 Å². The summed E-state index contributed by atoms with van der Waals surface area (Å²) in [6.07, 6.45) is 1.86. The molecule has 1 amide bonds. The van der Waals surface area contributed by atoms with Crippen LogP contribution in [0.25, 0.3) is 0 Å². The summed E-state index contributed by atoms with van der Waals surface area (Å²) in [5.41, 5.74) is 8.97. The van der Waals surface area contributed by atoms with E-state index in [0.29, 0.717) is 12.1 Å². The second kappa shape index (κ2) is 6.11. The summed E-state index contributed by atoms with van der Waals surface area (Å²) in [6.45, 7) is 3.40. The van der Waals surface area contributed by atoms with Crippen molar-refractivity contribution in [3.63, 3.8) is 0 Å². The van der Waals surface area contributed by atoms with E-state index in [1.165, 1.54) is 0 Å². The molecule has 3 N–H and O–H groups in total. The zero-order valence-electron chi connectivity index (χ0n) is 10.9. The van der Waals surface area contributed by atoms with Crippen molar-refractivity contribution in [3.8, 4) is 0 Å². The van der Waals surface area contributed by atoms with Crippen molar-refractivity contribution in [1.29, 1.82) is 0 Å². The number of carbonyl (C=O) groups is 1. The Morgan fingerprint density at radius 2 is 2.00 bits per heavy atom. The van der Waals surface area contributed by atoms with E-state index in [-0.39, 0.29) is 0 Å². The molecule has 1 aromatic carbocycles. The molecule has 0 aliphatic rings. The molecule has 0 radical (unpaired) electrons. The number of primary amides is 1. The largest absolute Gasteiger partial charge is 0.366 e. The Morgan fingerprint density at radius 1 is 1.21 bits per heavy atom. The van der Waals surface area contributed by atoms with E-state index >= 15 is 0 Å². The van der Waals surface area contributed by atoms with Gasteiger partial charge in [-0.15, -0.1) is 0 Å². The molecule has 0 atom stereocenters. The predicted molar refractivity (Wildman–Crippen MR) is 74.5 cm³/mol. The molecule has 2 aromatic rings. The molecule has 4 nitrogen and oxygen atoms in total. The van der Waals surface area contributed by atoms with Gasteiger partial charge in [0, 0.05) is 30.5 Å². The van der Waals surface area contributed by atoms with Crippen LogP contribution in [-0.2, 0) is 13.1 Å². The highest BCUT2D eigenvalue weighted by Crippen LogP contribution is 2.05. The minimum Gasteiger partial charge on any atom is -0.366 e. The number of amides is 1. The van der Waals surface area contributed by atoms with Gasteiger partial charge in [-0.2, -0.15) is 0 Å². The normalized spacial score (nSPS) is 10.4. The Kier molecular flexibility index (Phi) is 4.26. The Hall–Kier alpha value is -2.20. The molecule has 0 bridgehead atoms. The molecule has 0 aliphatic heterocycles. The van der Waals surface area contributed by atoms with Gasteiger partial charge in [0.1, 0.15) is 0 Å². The van der Waals surface area contributed by atoms with Crippen molar-refractivity contribution < 1.29 is 4.79 Å². The number of nitrogens with one attached hydrogen (secondary N) is 1. The van der Waals surface area contributed by atoms with Crippen molar-refractivity contribution >= 4 is 5.91 Å². The first-order chi connectivity index (χ1) is 9.15. The van der Waals surface area contributed by atoms with E-state index in [4.69, 9.17) is 5.73 Å². The number of nitrogens with zero attached hydrogens (tertiary/aromatic N) is 1. The van der Waals surface area contributed by atoms with Crippen LogP contribution < -0.4 is 11.1 Å². The van der Waals surface area contributed by atoms with E-state index in [2.05, 4.69) is 16.4 Å². The molecule has 0 unspecified atom stereocenters. The summed E-state index contributed by atoms with van der Waals surface area (Å²) >= 11 is 0. The van der Waals surface area contributed by atoms with Gasteiger partial charge < -0.3 is 11.1 Å². The molecule has 1 heterocycles. The van der Waals surface area contributed by atoms with Crippen molar-refractivity contribution in [2.24, 2.45) is 5.73 Å². The Morgan fingerprint density at radius 3 is 2.68 bits per heavy atom. The molecular weight excluding hydrogens is 238 g/mol. The lowest BCUT2D eigenvalue weighted by Gasteiger charge is -2.06. The van der Waals surface area contributed by atoms with Gasteiger partial charge in [0.05, 0.1) is 0 Å². The van der Waals surface area contributed by atoms with Crippen molar-refractivity contribution in [2.45, 2.75) is 20.0 Å². The number of aromatic nitrogens is 1. The van der Waals surface area contributed by atoms with Gasteiger partial charge in [0.15, 0.2) is 0 Å². The molecule has 98 valence electrons. The molecule has 0 aliphatic carbocycles. The minimum atomic E-state index is -0.399. The maximum Gasteiger partial charge on any atom is 0.248 e. The summed E-state index contributed by atoms with van der Waals surface area (Å²) in [6, 6.07) is 11.4. The molecule has 0 saturated carbocycles. The molecule has 0 saturated heterocycles. The lowest BCUT2D eigenvalue weighted by Crippen LogP contribution is -2.15. The van der Waals surface area contributed by atoms with Crippen LogP contribution in [0.3, 0.4) is 0 Å². The van der Waals surface area contributed by atoms with Gasteiger partial charge in [0.2, 0.25) is 5.91 Å². The third-order valence-corrected chi connectivity index (χ3v) is 2.84. The van der Waals surface area contributed by atoms with Crippen LogP contribution in [0.5, 0.6) is 0 Å². The SMILES string of the molecule is Cc1ccc(CNCc2cccc(C(N)=O)c2)cn1. The van der Waals surface area contributed by atoms with Crippen molar-refractivity contribution in [3.05, 3.63) is 65.0 Å². The summed E-state index contributed by atoms with van der Waals surface area (Å²) in [7, 11) is 0. The maximum absolute atomic E-state index is 11.1. The van der Waals surface area contributed by atoms with E-state index in [1.54, 1.807) is 6.07 Å². The van der Waals surface area contributed by atoms with E-state index in [9.17, 15) is 4.79 Å². The molecule has 1 aromatic heterocycles. The van der Waals surface area contributed by atoms with Gasteiger partial charge in [-0.1, -0.05) is 18.2 Å². The summed E-state index contributed by atoms with van der Waals surface area (Å²) in [5.74, 6) is -0.399. The van der Waals surface area contributed by atoms with Crippen LogP contribution in [0.2, 0.25) is 0 Å². The number of carbonyl (C=O) groups excluding carboxylic acids is 1. The number of nitrogens with two attached hydrogens (primary N) is 1. The highest BCUT2D eigenvalue weighted by molar-refractivity contribution is 5.92. The molecule has 4 heteroatoms. The second-order valence-corrected chi connectivity index (χ2v) is 4.48. The second-order valence-electron chi connectivity index (χ2n) is 4.48. The molecule has 2 rings (SSSR count). The zero-order valence-corrected chi connectivity index (χ0v) is 10.9. The van der Waals surface area contributed by atoms with Gasteiger partial charge in [-0.25, -0.2) is 0 Å². The Balaban J connectivity index is 1.90. The maximum atomic E-state index is 11.1. The van der Waals surface area contributed by atoms with E-state index < -0.39 is 5.91 Å². The third-order valence-electron chi connectivity index (χ3n) is 2.84. The first kappa shape index (κ1) is 13.2. The standard InChI is InChI=1S/C15H17N3O/c1-11-5-6-13(10-18-11)9-17-8-12-3-2-4-14(7-12)15(16)19/h2-7,10,17H,8-9H2,1H3,(H2,16,19). The van der Waals surface area contributed by atoms with Crippen molar-refractivity contribution in [2.75, 3.05) is 0 Å². The first-order valence-electron chi connectivity index (χ1n) is 6.16. The van der Waals surface area contributed by atoms with Gasteiger partial charge in [0.25, 0.3) is 0 Å². The fourth-order valence-corrected chi connectivity index (χ4v) is 1.79. The van der Waals surface area contributed by atoms with Crippen LogP contribution >= 0.6 is 0 Å².